The molecule has 26 heavy (non-hydrogen) atoms. The van der Waals surface area contributed by atoms with Crippen LogP contribution in [0.2, 0.25) is 0 Å². The van der Waals surface area contributed by atoms with Gasteiger partial charge in [0.05, 0.1) is 7.11 Å². The van der Waals surface area contributed by atoms with Crippen molar-refractivity contribution in [3.05, 3.63) is 34.2 Å². The molecule has 8 heteroatoms. The second-order valence-electron chi connectivity index (χ2n) is 6.91. The Labute approximate surface area is 163 Å². The minimum Gasteiger partial charge on any atom is -0.467 e. The van der Waals surface area contributed by atoms with Gasteiger partial charge in [0.25, 0.3) is 5.56 Å². The van der Waals surface area contributed by atoms with Gasteiger partial charge in [-0.25, -0.2) is 4.79 Å². The Morgan fingerprint density at radius 3 is 2.96 bits per heavy atom. The highest BCUT2D eigenvalue weighted by Crippen LogP contribution is 2.34. The van der Waals surface area contributed by atoms with Crippen LogP contribution in [0.15, 0.2) is 23.0 Å². The minimum absolute atomic E-state index is 0.0779. The smallest absolute Gasteiger partial charge is 0.328 e. The summed E-state index contributed by atoms with van der Waals surface area (Å²) in [5.74, 6) is 1.26. The first-order valence-electron chi connectivity index (χ1n) is 8.85. The standard InChI is InChI=1S/C18H25N3O3S2/c1-24-17(23)14(6-7-26-2)19-18(25)20-9-12-8-13(11-20)15-4-3-5-16(22)21(15)10-12/h3-5,12-14H,6-11H2,1-2H3,(H,19,25)/t12-,13-,14-/m0/s1. The summed E-state index contributed by atoms with van der Waals surface area (Å²) >= 11 is 7.29. The molecule has 2 bridgehead atoms. The van der Waals surface area contributed by atoms with Crippen LogP contribution in [0.25, 0.3) is 0 Å². The monoisotopic (exact) mass is 395 g/mol. The highest BCUT2D eigenvalue weighted by molar-refractivity contribution is 7.98. The minimum atomic E-state index is -0.420. The first kappa shape index (κ1) is 19.2. The fraction of sp³-hybridized carbons (Fsp3) is 0.611. The summed E-state index contributed by atoms with van der Waals surface area (Å²) in [4.78, 5) is 26.3. The molecule has 1 saturated heterocycles. The van der Waals surface area contributed by atoms with E-state index < -0.39 is 6.04 Å². The van der Waals surface area contributed by atoms with E-state index in [1.807, 2.05) is 23.0 Å². The molecule has 2 aliphatic rings. The van der Waals surface area contributed by atoms with Crippen molar-refractivity contribution in [2.24, 2.45) is 5.92 Å². The Kier molecular flexibility index (Phi) is 6.24. The predicted molar refractivity (Wildman–Crippen MR) is 108 cm³/mol. The highest BCUT2D eigenvalue weighted by Gasteiger charge is 2.36. The van der Waals surface area contributed by atoms with E-state index >= 15 is 0 Å². The number of thiocarbonyl (C=S) groups is 1. The van der Waals surface area contributed by atoms with Crippen molar-refractivity contribution in [3.8, 4) is 0 Å². The number of thioether (sulfide) groups is 1. The molecule has 3 rings (SSSR count). The molecule has 6 nitrogen and oxygen atoms in total. The van der Waals surface area contributed by atoms with Crippen LogP contribution in [0.1, 0.15) is 24.5 Å². The number of likely N-dealkylation sites (tertiary alicyclic amines) is 1. The van der Waals surface area contributed by atoms with Crippen molar-refractivity contribution in [2.75, 3.05) is 32.2 Å². The van der Waals surface area contributed by atoms with Gasteiger partial charge in [0.1, 0.15) is 6.04 Å². The van der Waals surface area contributed by atoms with Crippen LogP contribution in [0.5, 0.6) is 0 Å². The normalized spacial score (nSPS) is 22.3. The van der Waals surface area contributed by atoms with Gasteiger partial charge in [-0.15, -0.1) is 0 Å². The molecule has 1 N–H and O–H groups in total. The van der Waals surface area contributed by atoms with Crippen LogP contribution in [0.4, 0.5) is 0 Å². The molecule has 0 aliphatic carbocycles. The van der Waals surface area contributed by atoms with Gasteiger partial charge < -0.3 is 19.5 Å². The molecule has 0 saturated carbocycles. The molecule has 0 unspecified atom stereocenters. The number of fused-ring (bicyclic) bond motifs is 4. The third-order valence-corrected chi connectivity index (χ3v) is 6.18. The van der Waals surface area contributed by atoms with E-state index in [1.54, 1.807) is 17.8 Å². The summed E-state index contributed by atoms with van der Waals surface area (Å²) in [6, 6.07) is 5.08. The number of methoxy groups -OCH3 is 1. The maximum Gasteiger partial charge on any atom is 0.328 e. The van der Waals surface area contributed by atoms with Gasteiger partial charge in [-0.3, -0.25) is 4.79 Å². The van der Waals surface area contributed by atoms with Crippen LogP contribution < -0.4 is 10.9 Å². The zero-order valence-corrected chi connectivity index (χ0v) is 16.8. The quantitative estimate of drug-likeness (QED) is 0.598. The first-order valence-corrected chi connectivity index (χ1v) is 10.7. The third-order valence-electron chi connectivity index (χ3n) is 5.16. The van der Waals surface area contributed by atoms with Crippen molar-refractivity contribution >= 4 is 35.1 Å². The number of ether oxygens (including phenoxy) is 1. The van der Waals surface area contributed by atoms with E-state index in [-0.39, 0.29) is 11.5 Å². The molecule has 2 aliphatic heterocycles. The van der Waals surface area contributed by atoms with Gasteiger partial charge in [0, 0.05) is 37.3 Å². The topological polar surface area (TPSA) is 63.6 Å². The first-order chi connectivity index (χ1) is 12.5. The third kappa shape index (κ3) is 4.06. The number of pyridine rings is 1. The van der Waals surface area contributed by atoms with Crippen LogP contribution in [-0.2, 0) is 16.1 Å². The van der Waals surface area contributed by atoms with Gasteiger partial charge >= 0.3 is 5.97 Å². The summed E-state index contributed by atoms with van der Waals surface area (Å²) in [7, 11) is 1.40. The predicted octanol–water partition coefficient (Wildman–Crippen LogP) is 1.44. The summed E-state index contributed by atoms with van der Waals surface area (Å²) in [6.07, 6.45) is 3.76. The molecule has 0 spiro atoms. The molecule has 3 heterocycles. The van der Waals surface area contributed by atoms with Crippen LogP contribution in [-0.4, -0.2) is 58.8 Å². The number of esters is 1. The summed E-state index contributed by atoms with van der Waals surface area (Å²) in [6.45, 7) is 2.30. The maximum atomic E-state index is 12.1. The van der Waals surface area contributed by atoms with Crippen molar-refractivity contribution in [1.82, 2.24) is 14.8 Å². The average Bonchev–Trinajstić information content (AvgIpc) is 2.65. The Hall–Kier alpha value is -1.54. The SMILES string of the molecule is COC(=O)[C@H](CCSC)NC(=S)N1C[C@@H]2C[C@@H](C1)c1cccc(=O)n1C2. The zero-order valence-electron chi connectivity index (χ0n) is 15.1. The number of nitrogens with one attached hydrogen (secondary N) is 1. The van der Waals surface area contributed by atoms with E-state index in [9.17, 15) is 9.59 Å². The number of hydrogen-bond donors (Lipinski definition) is 1. The highest BCUT2D eigenvalue weighted by atomic mass is 32.2. The van der Waals surface area contributed by atoms with Crippen molar-refractivity contribution in [1.29, 1.82) is 0 Å². The van der Waals surface area contributed by atoms with E-state index in [0.29, 0.717) is 23.4 Å². The second-order valence-corrected chi connectivity index (χ2v) is 8.28. The van der Waals surface area contributed by atoms with Gasteiger partial charge in [-0.05, 0) is 49.1 Å². The number of rotatable bonds is 5. The van der Waals surface area contributed by atoms with Crippen molar-refractivity contribution in [3.63, 3.8) is 0 Å². The van der Waals surface area contributed by atoms with Crippen molar-refractivity contribution in [2.45, 2.75) is 31.3 Å². The molecule has 0 aromatic carbocycles. The van der Waals surface area contributed by atoms with E-state index in [0.717, 1.165) is 37.5 Å². The Morgan fingerprint density at radius 2 is 2.23 bits per heavy atom. The number of nitrogens with zero attached hydrogens (tertiary/aromatic N) is 2. The summed E-state index contributed by atoms with van der Waals surface area (Å²) < 4.78 is 6.81. The van der Waals surface area contributed by atoms with Gasteiger partial charge in [-0.2, -0.15) is 11.8 Å². The molecule has 1 aromatic rings. The fourth-order valence-corrected chi connectivity index (χ4v) is 4.69. The summed E-state index contributed by atoms with van der Waals surface area (Å²) in [5, 5.41) is 3.80. The van der Waals surface area contributed by atoms with Gasteiger partial charge in [0.15, 0.2) is 5.11 Å². The second kappa shape index (κ2) is 8.43. The van der Waals surface area contributed by atoms with E-state index in [2.05, 4.69) is 10.2 Å². The number of hydrogen-bond acceptors (Lipinski definition) is 5. The van der Waals surface area contributed by atoms with Gasteiger partial charge in [-0.1, -0.05) is 6.07 Å². The lowest BCUT2D eigenvalue weighted by Gasteiger charge is -2.44. The number of aromatic nitrogens is 1. The molecule has 0 amide bonds. The van der Waals surface area contributed by atoms with E-state index in [4.69, 9.17) is 17.0 Å². The van der Waals surface area contributed by atoms with E-state index in [1.165, 1.54) is 7.11 Å². The van der Waals surface area contributed by atoms with Gasteiger partial charge in [0.2, 0.25) is 0 Å². The lowest BCUT2D eigenvalue weighted by molar-refractivity contribution is -0.142. The van der Waals surface area contributed by atoms with Crippen LogP contribution in [0, 0.1) is 5.92 Å². The maximum absolute atomic E-state index is 12.1. The number of carbonyl (C=O) groups excluding carboxylic acids is 1. The zero-order chi connectivity index (χ0) is 18.7. The van der Waals surface area contributed by atoms with Crippen LogP contribution >= 0.6 is 24.0 Å². The Bertz CT molecular complexity index is 737. The van der Waals surface area contributed by atoms with Crippen molar-refractivity contribution < 1.29 is 9.53 Å². The lowest BCUT2D eigenvalue weighted by Crippen LogP contribution is -2.54. The average molecular weight is 396 g/mol. The molecular formula is C18H25N3O3S2. The molecule has 3 atom stereocenters. The molecule has 1 fully saturated rings. The fourth-order valence-electron chi connectivity index (χ4n) is 3.93. The number of carbonyl (C=O) groups is 1. The Morgan fingerprint density at radius 1 is 1.42 bits per heavy atom. The lowest BCUT2D eigenvalue weighted by atomic mass is 9.83. The largest absolute Gasteiger partial charge is 0.467 e. The molecule has 142 valence electrons. The summed E-state index contributed by atoms with van der Waals surface area (Å²) in [5.41, 5.74) is 1.17. The Balaban J connectivity index is 1.70. The molecular weight excluding hydrogens is 370 g/mol. The van der Waals surface area contributed by atoms with Crippen LogP contribution in [0.3, 0.4) is 0 Å². The number of piperidine rings is 1. The molecule has 1 aromatic heterocycles. The molecule has 0 radical (unpaired) electrons.